The van der Waals surface area contributed by atoms with Crippen LogP contribution >= 0.6 is 23.2 Å². The minimum atomic E-state index is -0.266. The smallest absolute Gasteiger partial charge is 0.248 e. The topological polar surface area (TPSA) is 49.3 Å². The van der Waals surface area contributed by atoms with E-state index in [-0.39, 0.29) is 21.7 Å². The summed E-state index contributed by atoms with van der Waals surface area (Å²) in [6.07, 6.45) is 1.45. The van der Waals surface area contributed by atoms with Crippen LogP contribution in [0.25, 0.3) is 0 Å². The van der Waals surface area contributed by atoms with Crippen LogP contribution in [-0.4, -0.2) is 11.0 Å². The summed E-state index contributed by atoms with van der Waals surface area (Å²) in [7, 11) is 0. The van der Waals surface area contributed by atoms with E-state index in [1.807, 2.05) is 13.8 Å². The average Bonchev–Trinajstić information content (AvgIpc) is 2.12. The van der Waals surface area contributed by atoms with Crippen molar-refractivity contribution in [1.29, 1.82) is 0 Å². The van der Waals surface area contributed by atoms with Gasteiger partial charge in [-0.3, -0.25) is 4.79 Å². The Labute approximate surface area is 104 Å². The van der Waals surface area contributed by atoms with Crippen molar-refractivity contribution in [3.05, 3.63) is 33.8 Å². The Morgan fingerprint density at radius 3 is 2.25 bits per heavy atom. The van der Waals surface area contributed by atoms with Crippen molar-refractivity contribution >= 4 is 34.8 Å². The zero-order valence-corrected chi connectivity index (χ0v) is 10.4. The summed E-state index contributed by atoms with van der Waals surface area (Å²) in [4.78, 5) is 11.4. The number of rotatable bonds is 2. The molecule has 2 N–H and O–H groups in total. The van der Waals surface area contributed by atoms with Crippen molar-refractivity contribution < 1.29 is 9.90 Å². The second kappa shape index (κ2) is 5.23. The lowest BCUT2D eigenvalue weighted by molar-refractivity contribution is -0.111. The molecular formula is C11H11Cl2NO2. The van der Waals surface area contributed by atoms with E-state index in [0.29, 0.717) is 5.69 Å². The Kier molecular flexibility index (Phi) is 4.21. The van der Waals surface area contributed by atoms with Gasteiger partial charge in [0, 0.05) is 11.8 Å². The summed E-state index contributed by atoms with van der Waals surface area (Å²) < 4.78 is 0. The van der Waals surface area contributed by atoms with Gasteiger partial charge in [-0.05, 0) is 26.0 Å². The number of carbonyl (C=O) groups excluding carboxylic acids is 1. The van der Waals surface area contributed by atoms with Gasteiger partial charge < -0.3 is 10.4 Å². The monoisotopic (exact) mass is 259 g/mol. The van der Waals surface area contributed by atoms with Gasteiger partial charge in [-0.2, -0.15) is 0 Å². The van der Waals surface area contributed by atoms with E-state index < -0.39 is 0 Å². The molecule has 0 aliphatic rings. The van der Waals surface area contributed by atoms with Crippen LogP contribution in [0.2, 0.25) is 10.0 Å². The minimum absolute atomic E-state index is 0.0972. The number of anilines is 1. The average molecular weight is 260 g/mol. The Morgan fingerprint density at radius 2 is 1.81 bits per heavy atom. The number of halogens is 2. The van der Waals surface area contributed by atoms with Crippen LogP contribution in [0.1, 0.15) is 13.8 Å². The minimum Gasteiger partial charge on any atom is -0.505 e. The van der Waals surface area contributed by atoms with Crippen molar-refractivity contribution in [3.8, 4) is 5.75 Å². The van der Waals surface area contributed by atoms with Crippen LogP contribution < -0.4 is 5.32 Å². The number of hydrogen-bond acceptors (Lipinski definition) is 2. The molecule has 5 heteroatoms. The third-order valence-corrected chi connectivity index (χ3v) is 2.28. The van der Waals surface area contributed by atoms with Crippen molar-refractivity contribution in [2.24, 2.45) is 0 Å². The molecule has 0 aliphatic heterocycles. The first-order valence-electron chi connectivity index (χ1n) is 4.54. The summed E-state index contributed by atoms with van der Waals surface area (Å²) in [5.41, 5.74) is 1.32. The molecule has 0 aliphatic carbocycles. The van der Waals surface area contributed by atoms with Crippen LogP contribution in [0.5, 0.6) is 5.75 Å². The lowest BCUT2D eigenvalue weighted by atomic mass is 10.2. The summed E-state index contributed by atoms with van der Waals surface area (Å²) in [5, 5.41) is 12.1. The standard InChI is InChI=1S/C11H11Cl2NO2/c1-6(2)3-10(15)14-7-4-8(12)11(16)9(13)5-7/h3-5,16H,1-2H3,(H,14,15). The molecule has 1 aromatic carbocycles. The van der Waals surface area contributed by atoms with Gasteiger partial charge in [-0.25, -0.2) is 0 Å². The predicted octanol–water partition coefficient (Wildman–Crippen LogP) is 3.60. The molecule has 16 heavy (non-hydrogen) atoms. The Hall–Kier alpha value is -1.19. The third-order valence-electron chi connectivity index (χ3n) is 1.70. The zero-order chi connectivity index (χ0) is 12.3. The highest BCUT2D eigenvalue weighted by Gasteiger charge is 2.07. The fourth-order valence-corrected chi connectivity index (χ4v) is 1.57. The maximum absolute atomic E-state index is 11.4. The molecule has 1 rings (SSSR count). The lowest BCUT2D eigenvalue weighted by Gasteiger charge is -2.06. The van der Waals surface area contributed by atoms with Gasteiger partial charge in [0.1, 0.15) is 0 Å². The Bertz CT molecular complexity index is 428. The van der Waals surface area contributed by atoms with Gasteiger partial charge in [-0.1, -0.05) is 28.8 Å². The number of benzene rings is 1. The first-order valence-corrected chi connectivity index (χ1v) is 5.29. The second-order valence-electron chi connectivity index (χ2n) is 3.50. The number of carbonyl (C=O) groups is 1. The molecule has 3 nitrogen and oxygen atoms in total. The maximum Gasteiger partial charge on any atom is 0.248 e. The molecule has 0 radical (unpaired) electrons. The maximum atomic E-state index is 11.4. The quantitative estimate of drug-likeness (QED) is 0.630. The van der Waals surface area contributed by atoms with Crippen molar-refractivity contribution in [1.82, 2.24) is 0 Å². The predicted molar refractivity (Wildman–Crippen MR) is 66.2 cm³/mol. The number of nitrogens with one attached hydrogen (secondary N) is 1. The molecule has 0 spiro atoms. The van der Waals surface area contributed by atoms with Crippen LogP contribution in [0.3, 0.4) is 0 Å². The van der Waals surface area contributed by atoms with E-state index in [9.17, 15) is 9.90 Å². The number of aromatic hydroxyl groups is 1. The molecule has 0 atom stereocenters. The van der Waals surface area contributed by atoms with Crippen molar-refractivity contribution in [3.63, 3.8) is 0 Å². The van der Waals surface area contributed by atoms with Gasteiger partial charge in [0.05, 0.1) is 10.0 Å². The normalized spacial score (nSPS) is 9.75. The van der Waals surface area contributed by atoms with Crippen molar-refractivity contribution in [2.45, 2.75) is 13.8 Å². The zero-order valence-electron chi connectivity index (χ0n) is 8.84. The highest BCUT2D eigenvalue weighted by atomic mass is 35.5. The molecule has 0 unspecified atom stereocenters. The summed E-state index contributed by atoms with van der Waals surface area (Å²) in [5.74, 6) is -0.457. The molecule has 0 heterocycles. The summed E-state index contributed by atoms with van der Waals surface area (Å²) in [6, 6.07) is 2.86. The van der Waals surface area contributed by atoms with E-state index in [2.05, 4.69) is 5.32 Å². The molecule has 0 aromatic heterocycles. The first-order chi connectivity index (χ1) is 7.40. The van der Waals surface area contributed by atoms with Gasteiger partial charge in [0.2, 0.25) is 5.91 Å². The highest BCUT2D eigenvalue weighted by molar-refractivity contribution is 6.37. The van der Waals surface area contributed by atoms with Gasteiger partial charge >= 0.3 is 0 Å². The molecule has 0 saturated heterocycles. The second-order valence-corrected chi connectivity index (χ2v) is 4.31. The van der Waals surface area contributed by atoms with E-state index >= 15 is 0 Å². The summed E-state index contributed by atoms with van der Waals surface area (Å²) >= 11 is 11.4. The van der Waals surface area contributed by atoms with Crippen LogP contribution in [0.15, 0.2) is 23.8 Å². The van der Waals surface area contributed by atoms with Crippen LogP contribution in [0.4, 0.5) is 5.69 Å². The first kappa shape index (κ1) is 12.9. The van der Waals surface area contributed by atoms with E-state index in [1.165, 1.54) is 18.2 Å². The molecule has 0 saturated carbocycles. The molecule has 0 bridgehead atoms. The van der Waals surface area contributed by atoms with E-state index in [1.54, 1.807) is 0 Å². The van der Waals surface area contributed by atoms with E-state index in [0.717, 1.165) is 5.57 Å². The number of phenolic OH excluding ortho intramolecular Hbond substituents is 1. The van der Waals surface area contributed by atoms with Crippen molar-refractivity contribution in [2.75, 3.05) is 5.32 Å². The van der Waals surface area contributed by atoms with Crippen LogP contribution in [-0.2, 0) is 4.79 Å². The molecule has 1 aromatic rings. The molecule has 1 amide bonds. The Balaban J connectivity index is 2.91. The largest absolute Gasteiger partial charge is 0.505 e. The lowest BCUT2D eigenvalue weighted by Crippen LogP contribution is -2.08. The highest BCUT2D eigenvalue weighted by Crippen LogP contribution is 2.34. The number of hydrogen-bond donors (Lipinski definition) is 2. The number of allylic oxidation sites excluding steroid dienone is 1. The SMILES string of the molecule is CC(C)=CC(=O)Nc1cc(Cl)c(O)c(Cl)c1. The van der Waals surface area contributed by atoms with Gasteiger partial charge in [0.25, 0.3) is 0 Å². The van der Waals surface area contributed by atoms with Gasteiger partial charge in [0.15, 0.2) is 5.75 Å². The molecular weight excluding hydrogens is 249 g/mol. The Morgan fingerprint density at radius 1 is 1.31 bits per heavy atom. The number of amides is 1. The fourth-order valence-electron chi connectivity index (χ4n) is 1.08. The third kappa shape index (κ3) is 3.43. The molecule has 0 fully saturated rings. The van der Waals surface area contributed by atoms with Crippen LogP contribution in [0, 0.1) is 0 Å². The van der Waals surface area contributed by atoms with Gasteiger partial charge in [-0.15, -0.1) is 0 Å². The van der Waals surface area contributed by atoms with E-state index in [4.69, 9.17) is 23.2 Å². The number of phenols is 1. The summed E-state index contributed by atoms with van der Waals surface area (Å²) in [6.45, 7) is 3.63. The molecule has 86 valence electrons. The fraction of sp³-hybridized carbons (Fsp3) is 0.182.